The fourth-order valence-corrected chi connectivity index (χ4v) is 5.95. The Kier molecular flexibility index (Phi) is 6.30. The lowest BCUT2D eigenvalue weighted by Gasteiger charge is -2.42. The average molecular weight is 413 g/mol. The van der Waals surface area contributed by atoms with E-state index in [9.17, 15) is 0 Å². The molecule has 4 nitrogen and oxygen atoms in total. The van der Waals surface area contributed by atoms with Crippen molar-refractivity contribution in [3.05, 3.63) is 57.8 Å². The van der Waals surface area contributed by atoms with Gasteiger partial charge in [0.15, 0.2) is 0 Å². The molecule has 5 heteroatoms. The maximum atomic E-state index is 6.20. The maximum Gasteiger partial charge on any atom is 0.134 e. The van der Waals surface area contributed by atoms with Crippen LogP contribution in [0.5, 0.6) is 0 Å². The molecule has 0 radical (unpaired) electrons. The van der Waals surface area contributed by atoms with E-state index in [1.54, 1.807) is 10.4 Å². The van der Waals surface area contributed by atoms with E-state index in [1.165, 1.54) is 31.4 Å². The predicted octanol–water partition coefficient (Wildman–Crippen LogP) is 3.45. The first-order chi connectivity index (χ1) is 14.3. The maximum absolute atomic E-state index is 6.20. The van der Waals surface area contributed by atoms with E-state index < -0.39 is 0 Å². The van der Waals surface area contributed by atoms with Gasteiger partial charge in [-0.05, 0) is 47.8 Å². The van der Waals surface area contributed by atoms with Gasteiger partial charge in [0, 0.05) is 44.0 Å². The van der Waals surface area contributed by atoms with Gasteiger partial charge in [-0.25, -0.2) is 0 Å². The van der Waals surface area contributed by atoms with Crippen molar-refractivity contribution in [3.63, 3.8) is 0 Å². The summed E-state index contributed by atoms with van der Waals surface area (Å²) in [6.45, 7) is 7.14. The molecule has 5 rings (SSSR count). The largest absolute Gasteiger partial charge is 0.371 e. The minimum absolute atomic E-state index is 0.132. The van der Waals surface area contributed by atoms with Crippen molar-refractivity contribution in [1.82, 2.24) is 9.80 Å². The highest BCUT2D eigenvalue weighted by molar-refractivity contribution is 7.10. The highest BCUT2D eigenvalue weighted by Crippen LogP contribution is 2.30. The first-order valence-corrected chi connectivity index (χ1v) is 12.0. The zero-order chi connectivity index (χ0) is 19.5. The summed E-state index contributed by atoms with van der Waals surface area (Å²) in [5.74, 6) is 0.830. The molecule has 0 amide bonds. The van der Waals surface area contributed by atoms with Crippen LogP contribution in [0.2, 0.25) is 0 Å². The lowest BCUT2D eigenvalue weighted by molar-refractivity contribution is -0.190. The number of thiophene rings is 1. The Labute approximate surface area is 178 Å². The molecule has 3 aliphatic rings. The second-order valence-corrected chi connectivity index (χ2v) is 9.75. The van der Waals surface area contributed by atoms with Crippen LogP contribution in [0.1, 0.15) is 22.4 Å². The van der Waals surface area contributed by atoms with Crippen LogP contribution in [0, 0.1) is 5.92 Å². The number of ether oxygens (including phenoxy) is 2. The monoisotopic (exact) mass is 412 g/mol. The fourth-order valence-electron chi connectivity index (χ4n) is 5.01. The summed E-state index contributed by atoms with van der Waals surface area (Å²) in [6.07, 6.45) is 5.18. The number of rotatable bonds is 5. The summed E-state index contributed by atoms with van der Waals surface area (Å²) in [4.78, 5) is 6.78. The van der Waals surface area contributed by atoms with Gasteiger partial charge in [0.05, 0.1) is 19.3 Å². The SMILES string of the molecule is c1ccc(CC2COC(N3CCN(CC4CCc5sccc5C4)CC3)CO2)cc1. The Hall–Kier alpha value is -1.24. The third-order valence-electron chi connectivity index (χ3n) is 6.71. The topological polar surface area (TPSA) is 24.9 Å². The van der Waals surface area contributed by atoms with Crippen molar-refractivity contribution >= 4 is 11.3 Å². The average Bonchev–Trinajstić information content (AvgIpc) is 3.24. The van der Waals surface area contributed by atoms with Gasteiger partial charge in [0.2, 0.25) is 0 Å². The number of benzene rings is 1. The molecule has 2 aliphatic heterocycles. The molecule has 2 aromatic rings. The third kappa shape index (κ3) is 4.92. The molecule has 0 spiro atoms. The zero-order valence-electron chi connectivity index (χ0n) is 17.2. The molecule has 0 N–H and O–H groups in total. The fraction of sp³-hybridized carbons (Fsp3) is 0.583. The van der Waals surface area contributed by atoms with E-state index in [1.807, 2.05) is 11.3 Å². The molecule has 3 heterocycles. The molecular weight excluding hydrogens is 380 g/mol. The highest BCUT2D eigenvalue weighted by atomic mass is 32.1. The third-order valence-corrected chi connectivity index (χ3v) is 7.73. The summed E-state index contributed by atoms with van der Waals surface area (Å²) in [5, 5.41) is 2.27. The van der Waals surface area contributed by atoms with Crippen LogP contribution in [-0.2, 0) is 28.7 Å². The van der Waals surface area contributed by atoms with Crippen LogP contribution >= 0.6 is 11.3 Å². The van der Waals surface area contributed by atoms with Crippen molar-refractivity contribution in [1.29, 1.82) is 0 Å². The van der Waals surface area contributed by atoms with Crippen LogP contribution in [0.15, 0.2) is 41.8 Å². The molecule has 3 unspecified atom stereocenters. The van der Waals surface area contributed by atoms with Gasteiger partial charge in [-0.15, -0.1) is 11.3 Å². The van der Waals surface area contributed by atoms with Crippen molar-refractivity contribution in [3.8, 4) is 0 Å². The molecule has 2 saturated heterocycles. The minimum Gasteiger partial charge on any atom is -0.371 e. The Morgan fingerprint density at radius 1 is 0.966 bits per heavy atom. The van der Waals surface area contributed by atoms with Gasteiger partial charge >= 0.3 is 0 Å². The van der Waals surface area contributed by atoms with E-state index in [2.05, 4.69) is 51.6 Å². The van der Waals surface area contributed by atoms with Crippen LogP contribution in [-0.4, -0.2) is 68.1 Å². The first-order valence-electron chi connectivity index (χ1n) is 11.1. The van der Waals surface area contributed by atoms with Crippen LogP contribution in [0.25, 0.3) is 0 Å². The summed E-state index contributed by atoms with van der Waals surface area (Å²) in [7, 11) is 0. The molecule has 1 aromatic heterocycles. The predicted molar refractivity (Wildman–Crippen MR) is 117 cm³/mol. The lowest BCUT2D eigenvalue weighted by atomic mass is 9.88. The highest BCUT2D eigenvalue weighted by Gasteiger charge is 2.30. The Morgan fingerprint density at radius 2 is 1.83 bits per heavy atom. The number of aryl methyl sites for hydroxylation is 1. The molecule has 0 bridgehead atoms. The lowest BCUT2D eigenvalue weighted by Crippen LogP contribution is -2.55. The number of nitrogens with zero attached hydrogens (tertiary/aromatic N) is 2. The molecule has 3 atom stereocenters. The normalized spacial score (nSPS) is 28.9. The first kappa shape index (κ1) is 19.7. The van der Waals surface area contributed by atoms with Gasteiger partial charge < -0.3 is 14.4 Å². The van der Waals surface area contributed by atoms with Crippen LogP contribution in [0.4, 0.5) is 0 Å². The van der Waals surface area contributed by atoms with Crippen molar-refractivity contribution < 1.29 is 9.47 Å². The van der Waals surface area contributed by atoms with Gasteiger partial charge in [0.25, 0.3) is 0 Å². The standard InChI is InChI=1S/C24H32N2O2S/c1-2-4-19(5-3-1)15-22-17-28-24(18-27-22)26-11-9-25(10-12-26)16-20-6-7-23-21(14-20)8-13-29-23/h1-5,8,13,20,22,24H,6-7,9-12,14-18H2. The van der Waals surface area contributed by atoms with Crippen molar-refractivity contribution in [2.24, 2.45) is 5.92 Å². The van der Waals surface area contributed by atoms with Gasteiger partial charge in [0.1, 0.15) is 6.23 Å². The molecule has 2 fully saturated rings. The van der Waals surface area contributed by atoms with Crippen molar-refractivity contribution in [2.45, 2.75) is 38.0 Å². The van der Waals surface area contributed by atoms with E-state index in [-0.39, 0.29) is 12.3 Å². The van der Waals surface area contributed by atoms with Gasteiger partial charge in [-0.2, -0.15) is 0 Å². The quantitative estimate of drug-likeness (QED) is 0.751. The molecule has 156 valence electrons. The zero-order valence-corrected chi connectivity index (χ0v) is 18.0. The minimum atomic E-state index is 0.132. The molecule has 29 heavy (non-hydrogen) atoms. The summed E-state index contributed by atoms with van der Waals surface area (Å²) in [6, 6.07) is 12.9. The van der Waals surface area contributed by atoms with E-state index in [0.29, 0.717) is 13.2 Å². The van der Waals surface area contributed by atoms with E-state index >= 15 is 0 Å². The smallest absolute Gasteiger partial charge is 0.134 e. The Bertz CT molecular complexity index is 764. The second kappa shape index (κ2) is 9.27. The number of hydrogen-bond donors (Lipinski definition) is 0. The van der Waals surface area contributed by atoms with Crippen LogP contribution in [0.3, 0.4) is 0 Å². The second-order valence-electron chi connectivity index (χ2n) is 8.75. The molecule has 1 aliphatic carbocycles. The molecule has 0 saturated carbocycles. The van der Waals surface area contributed by atoms with Gasteiger partial charge in [-0.1, -0.05) is 30.3 Å². The summed E-state index contributed by atoms with van der Waals surface area (Å²) in [5.41, 5.74) is 2.94. The van der Waals surface area contributed by atoms with Gasteiger partial charge in [-0.3, -0.25) is 4.90 Å². The van der Waals surface area contributed by atoms with Crippen molar-refractivity contribution in [2.75, 3.05) is 45.9 Å². The Morgan fingerprint density at radius 3 is 2.62 bits per heavy atom. The Balaban J connectivity index is 1.04. The van der Waals surface area contributed by atoms with E-state index in [4.69, 9.17) is 9.47 Å². The summed E-state index contributed by atoms with van der Waals surface area (Å²) >= 11 is 1.94. The number of fused-ring (bicyclic) bond motifs is 1. The molecular formula is C24H32N2O2S. The number of hydrogen-bond acceptors (Lipinski definition) is 5. The summed E-state index contributed by atoms with van der Waals surface area (Å²) < 4.78 is 12.3. The van der Waals surface area contributed by atoms with E-state index in [0.717, 1.165) is 38.5 Å². The molecule has 1 aromatic carbocycles. The number of piperazine rings is 1. The van der Waals surface area contributed by atoms with Crippen LogP contribution < -0.4 is 0 Å².